The lowest BCUT2D eigenvalue weighted by Crippen LogP contribution is -2.19. The van der Waals surface area contributed by atoms with Crippen LogP contribution in [-0.2, 0) is 0 Å². The molecule has 0 aliphatic heterocycles. The molecule has 0 aliphatic rings. The van der Waals surface area contributed by atoms with Crippen LogP contribution >= 0.6 is 0 Å². The lowest BCUT2D eigenvalue weighted by atomic mass is 10.2. The molecule has 108 valence electrons. The zero-order chi connectivity index (χ0) is 14.9. The Bertz CT molecular complexity index is 755. The molecule has 3 rings (SSSR count). The number of hydrogen-bond acceptors (Lipinski definition) is 4. The Kier molecular flexibility index (Phi) is 3.20. The lowest BCUT2D eigenvalue weighted by molar-refractivity contribution is -0.154. The van der Waals surface area contributed by atoms with Crippen molar-refractivity contribution in [1.82, 2.24) is 19.6 Å². The number of halogens is 3. The molecule has 0 fully saturated rings. The summed E-state index contributed by atoms with van der Waals surface area (Å²) in [5, 5.41) is 3.94. The van der Waals surface area contributed by atoms with E-state index in [1.165, 1.54) is 10.6 Å². The molecule has 0 aliphatic carbocycles. The summed E-state index contributed by atoms with van der Waals surface area (Å²) >= 11 is 0. The molecule has 0 aromatic carbocycles. The van der Waals surface area contributed by atoms with Crippen LogP contribution in [0, 0.1) is 0 Å². The highest BCUT2D eigenvalue weighted by Gasteiger charge is 2.28. The number of rotatable bonds is 3. The van der Waals surface area contributed by atoms with Gasteiger partial charge in [0, 0.05) is 24.0 Å². The Morgan fingerprint density at radius 3 is 2.76 bits per heavy atom. The highest BCUT2D eigenvalue weighted by atomic mass is 19.4. The fraction of sp³-hybridized carbons (Fsp3) is 0.154. The highest BCUT2D eigenvalue weighted by molar-refractivity contribution is 5.61. The number of hydrogen-bond donors (Lipinski definition) is 0. The van der Waals surface area contributed by atoms with Crippen LogP contribution in [0.3, 0.4) is 0 Å². The molecule has 0 amide bonds. The van der Waals surface area contributed by atoms with Gasteiger partial charge in [0.15, 0.2) is 12.3 Å². The SMILES string of the molecule is FC(F)(F)COc1ccc2nc(-c3cccnc3)cn2n1. The molecule has 0 saturated heterocycles. The van der Waals surface area contributed by atoms with Crippen LogP contribution < -0.4 is 4.74 Å². The zero-order valence-corrected chi connectivity index (χ0v) is 10.6. The van der Waals surface area contributed by atoms with Gasteiger partial charge in [-0.2, -0.15) is 13.2 Å². The van der Waals surface area contributed by atoms with Gasteiger partial charge in [-0.05, 0) is 18.2 Å². The van der Waals surface area contributed by atoms with Crippen molar-refractivity contribution >= 4 is 5.65 Å². The van der Waals surface area contributed by atoms with Gasteiger partial charge in [0.25, 0.3) is 0 Å². The molecule has 0 N–H and O–H groups in total. The Morgan fingerprint density at radius 2 is 2.05 bits per heavy atom. The molecular formula is C13H9F3N4O. The summed E-state index contributed by atoms with van der Waals surface area (Å²) in [5.74, 6) is -0.116. The van der Waals surface area contributed by atoms with Crippen LogP contribution in [0.5, 0.6) is 5.88 Å². The molecule has 3 aromatic rings. The molecule has 0 atom stereocenters. The van der Waals surface area contributed by atoms with Crippen molar-refractivity contribution in [3.05, 3.63) is 42.9 Å². The maximum Gasteiger partial charge on any atom is 0.422 e. The number of alkyl halides is 3. The Labute approximate surface area is 117 Å². The molecule has 0 unspecified atom stereocenters. The second-order valence-corrected chi connectivity index (χ2v) is 4.25. The average molecular weight is 294 g/mol. The first kappa shape index (κ1) is 13.3. The maximum atomic E-state index is 12.1. The molecule has 21 heavy (non-hydrogen) atoms. The zero-order valence-electron chi connectivity index (χ0n) is 10.6. The van der Waals surface area contributed by atoms with Gasteiger partial charge in [-0.25, -0.2) is 9.50 Å². The molecule has 5 nitrogen and oxygen atoms in total. The number of ether oxygens (including phenoxy) is 1. The third kappa shape index (κ3) is 3.10. The van der Waals surface area contributed by atoms with Crippen molar-refractivity contribution in [2.24, 2.45) is 0 Å². The van der Waals surface area contributed by atoms with E-state index in [2.05, 4.69) is 19.8 Å². The number of fused-ring (bicyclic) bond motifs is 1. The number of imidazole rings is 1. The van der Waals surface area contributed by atoms with Crippen LogP contribution in [0.4, 0.5) is 13.2 Å². The van der Waals surface area contributed by atoms with Gasteiger partial charge in [-0.1, -0.05) is 0 Å². The minimum Gasteiger partial charge on any atom is -0.467 e. The van der Waals surface area contributed by atoms with Gasteiger partial charge < -0.3 is 4.74 Å². The van der Waals surface area contributed by atoms with E-state index in [9.17, 15) is 13.2 Å². The Balaban J connectivity index is 1.89. The van der Waals surface area contributed by atoms with Crippen LogP contribution in [0.25, 0.3) is 16.9 Å². The van der Waals surface area contributed by atoms with Crippen molar-refractivity contribution in [3.8, 4) is 17.1 Å². The predicted molar refractivity (Wildman–Crippen MR) is 67.8 cm³/mol. The van der Waals surface area contributed by atoms with Crippen LogP contribution in [0.2, 0.25) is 0 Å². The normalized spacial score (nSPS) is 11.8. The smallest absolute Gasteiger partial charge is 0.422 e. The van der Waals surface area contributed by atoms with E-state index in [-0.39, 0.29) is 5.88 Å². The van der Waals surface area contributed by atoms with Gasteiger partial charge in [0.2, 0.25) is 5.88 Å². The number of aromatic nitrogens is 4. The quantitative estimate of drug-likeness (QED) is 0.745. The summed E-state index contributed by atoms with van der Waals surface area (Å²) in [7, 11) is 0. The van der Waals surface area contributed by atoms with E-state index in [1.807, 2.05) is 6.07 Å². The molecule has 3 heterocycles. The summed E-state index contributed by atoms with van der Waals surface area (Å²) < 4.78 is 42.3. The van der Waals surface area contributed by atoms with Crippen LogP contribution in [0.15, 0.2) is 42.9 Å². The van der Waals surface area contributed by atoms with Crippen molar-refractivity contribution in [2.75, 3.05) is 6.61 Å². The second-order valence-electron chi connectivity index (χ2n) is 4.25. The van der Waals surface area contributed by atoms with E-state index < -0.39 is 12.8 Å². The third-order valence-electron chi connectivity index (χ3n) is 2.64. The summed E-state index contributed by atoms with van der Waals surface area (Å²) in [4.78, 5) is 8.30. The second kappa shape index (κ2) is 5.04. The van der Waals surface area contributed by atoms with Crippen LogP contribution in [-0.4, -0.2) is 32.4 Å². The van der Waals surface area contributed by atoms with E-state index in [1.54, 1.807) is 30.7 Å². The van der Waals surface area contributed by atoms with Crippen molar-refractivity contribution in [2.45, 2.75) is 6.18 Å². The van der Waals surface area contributed by atoms with Crippen molar-refractivity contribution in [1.29, 1.82) is 0 Å². The topological polar surface area (TPSA) is 52.3 Å². The van der Waals surface area contributed by atoms with E-state index in [0.29, 0.717) is 11.3 Å². The highest BCUT2D eigenvalue weighted by Crippen LogP contribution is 2.20. The van der Waals surface area contributed by atoms with E-state index in [0.717, 1.165) is 5.56 Å². The fourth-order valence-electron chi connectivity index (χ4n) is 1.75. The molecule has 8 heteroatoms. The average Bonchev–Trinajstić information content (AvgIpc) is 2.88. The summed E-state index contributed by atoms with van der Waals surface area (Å²) in [5.41, 5.74) is 1.93. The first-order valence-corrected chi connectivity index (χ1v) is 5.98. The minimum absolute atomic E-state index is 0.116. The van der Waals surface area contributed by atoms with Crippen molar-refractivity contribution in [3.63, 3.8) is 0 Å². The summed E-state index contributed by atoms with van der Waals surface area (Å²) in [6.45, 7) is -1.38. The van der Waals surface area contributed by atoms with E-state index in [4.69, 9.17) is 0 Å². The monoisotopic (exact) mass is 294 g/mol. The lowest BCUT2D eigenvalue weighted by Gasteiger charge is -2.07. The maximum absolute atomic E-state index is 12.1. The van der Waals surface area contributed by atoms with Crippen molar-refractivity contribution < 1.29 is 17.9 Å². The number of pyridine rings is 1. The van der Waals surface area contributed by atoms with Gasteiger partial charge in [-0.15, -0.1) is 5.10 Å². The largest absolute Gasteiger partial charge is 0.467 e. The fourth-order valence-corrected chi connectivity index (χ4v) is 1.75. The predicted octanol–water partition coefficient (Wildman–Crippen LogP) is 2.73. The standard InChI is InChI=1S/C13H9F3N4O/c14-13(15,16)8-21-12-4-3-11-18-10(7-20(11)19-12)9-2-1-5-17-6-9/h1-7H,8H2. The van der Waals surface area contributed by atoms with Crippen LogP contribution in [0.1, 0.15) is 0 Å². The van der Waals surface area contributed by atoms with Gasteiger partial charge in [-0.3, -0.25) is 4.98 Å². The molecule has 0 bridgehead atoms. The molecule has 0 saturated carbocycles. The Morgan fingerprint density at radius 1 is 1.19 bits per heavy atom. The van der Waals surface area contributed by atoms with E-state index >= 15 is 0 Å². The van der Waals surface area contributed by atoms with Gasteiger partial charge in [0.05, 0.1) is 11.9 Å². The molecule has 0 spiro atoms. The first-order valence-electron chi connectivity index (χ1n) is 5.98. The first-order chi connectivity index (χ1) is 10.0. The Hall–Kier alpha value is -2.64. The van der Waals surface area contributed by atoms with Gasteiger partial charge in [0.1, 0.15) is 0 Å². The molecular weight excluding hydrogens is 285 g/mol. The minimum atomic E-state index is -4.40. The van der Waals surface area contributed by atoms with Gasteiger partial charge >= 0.3 is 6.18 Å². The molecule has 0 radical (unpaired) electrons. The third-order valence-corrected chi connectivity index (χ3v) is 2.64. The summed E-state index contributed by atoms with van der Waals surface area (Å²) in [6, 6.07) is 6.49. The molecule has 3 aromatic heterocycles. The summed E-state index contributed by atoms with van der Waals surface area (Å²) in [6.07, 6.45) is 0.489. The number of nitrogens with zero attached hydrogens (tertiary/aromatic N) is 4.